The van der Waals surface area contributed by atoms with E-state index in [4.69, 9.17) is 21.1 Å². The van der Waals surface area contributed by atoms with Crippen LogP contribution in [-0.2, 0) is 9.47 Å². The van der Waals surface area contributed by atoms with Crippen LogP contribution < -0.4 is 4.90 Å². The van der Waals surface area contributed by atoms with Crippen LogP contribution in [0.3, 0.4) is 0 Å². The molecule has 1 spiro atoms. The first-order valence-electron chi connectivity index (χ1n) is 15.2. The van der Waals surface area contributed by atoms with Gasteiger partial charge in [0.15, 0.2) is 6.10 Å². The second kappa shape index (κ2) is 10.7. The Morgan fingerprint density at radius 1 is 1.07 bits per heavy atom. The maximum Gasteiger partial charge on any atom is 0.414 e. The quantitative estimate of drug-likeness (QED) is 0.302. The van der Waals surface area contributed by atoms with Crippen molar-refractivity contribution in [1.82, 2.24) is 0 Å². The van der Waals surface area contributed by atoms with Crippen molar-refractivity contribution in [2.75, 3.05) is 18.6 Å². The first kappa shape index (κ1) is 30.8. The molecule has 4 aliphatic carbocycles. The van der Waals surface area contributed by atoms with Gasteiger partial charge in [0.1, 0.15) is 18.3 Å². The summed E-state index contributed by atoms with van der Waals surface area (Å²) < 4.78 is 11.7. The van der Waals surface area contributed by atoms with Gasteiger partial charge in [0.25, 0.3) is 0 Å². The van der Waals surface area contributed by atoms with Gasteiger partial charge in [-0.3, -0.25) is 4.90 Å². The molecule has 0 radical (unpaired) electrons. The molecule has 9 atom stereocenters. The minimum absolute atomic E-state index is 0.0538. The lowest BCUT2D eigenvalue weighted by Gasteiger charge is -2.52. The molecule has 3 N–H and O–H groups in total. The number of nitrogens with zero attached hydrogens (tertiary/aromatic N) is 1. The van der Waals surface area contributed by atoms with Gasteiger partial charge in [0.05, 0.1) is 17.1 Å². The fourth-order valence-corrected chi connectivity index (χ4v) is 8.77. The number of ether oxygens (including phenoxy) is 2. The van der Waals surface area contributed by atoms with Crippen molar-refractivity contribution in [3.63, 3.8) is 0 Å². The number of benzene rings is 2. The normalized spacial score (nSPS) is 36.4. The topological polar surface area (TPSA) is 117 Å². The molecule has 6 rings (SSSR count). The number of aliphatic hydroxyl groups is 3. The second-order valence-electron chi connectivity index (χ2n) is 13.6. The summed E-state index contributed by atoms with van der Waals surface area (Å²) in [7, 11) is 1.55. The fraction of sp³-hybridized carbons (Fsp3) is 0.486. The van der Waals surface area contributed by atoms with E-state index in [1.54, 1.807) is 74.6 Å². The van der Waals surface area contributed by atoms with Crippen LogP contribution in [0.5, 0.6) is 0 Å². The third-order valence-electron chi connectivity index (χ3n) is 11.1. The van der Waals surface area contributed by atoms with E-state index >= 15 is 0 Å². The lowest BCUT2D eigenvalue weighted by Crippen LogP contribution is -2.67. The number of rotatable bonds is 5. The van der Waals surface area contributed by atoms with Crippen LogP contribution in [0.2, 0.25) is 5.02 Å². The number of halogens is 1. The van der Waals surface area contributed by atoms with Gasteiger partial charge in [-0.2, -0.15) is 0 Å². The Bertz CT molecular complexity index is 1520. The SMILES string of the molecule is CC1=C[C@]23C(O)[C@@H](C=C(COC(=O)c4ccccc4)[C@@H](O)[C@]2(O)[C@H]1OC(=O)N(C)c1ccc(Cl)cc1)[C@H]1[C@@H](C[C@H]3C)C1(C)C. The number of amides is 1. The molecule has 1 unspecified atom stereocenters. The number of fused-ring (bicyclic) bond motifs is 3. The third-order valence-corrected chi connectivity index (χ3v) is 11.3. The molecular formula is C35H40ClNO7. The standard InChI is InChI=1S/C35H40ClNO7/c1-19-17-34-20(2)15-26-27(33(26,3)4)25(29(34)39)16-22(18-43-31(40)21-9-7-6-8-10-21)28(38)35(34,42)30(19)44-32(41)37(5)24-13-11-23(36)12-14-24/h6-14,16-17,20,25-30,38-39,42H,15,18H2,1-5H3/t20-,25+,26-,27+,28-,29?,30+,34+,35+/m1/s1. The largest absolute Gasteiger partial charge is 0.457 e. The highest BCUT2D eigenvalue weighted by molar-refractivity contribution is 6.30. The molecule has 4 aliphatic rings. The number of esters is 1. The van der Waals surface area contributed by atoms with Crippen molar-refractivity contribution < 1.29 is 34.4 Å². The second-order valence-corrected chi connectivity index (χ2v) is 14.1. The Morgan fingerprint density at radius 2 is 1.73 bits per heavy atom. The number of anilines is 1. The molecule has 0 aliphatic heterocycles. The average Bonchev–Trinajstić information content (AvgIpc) is 3.49. The summed E-state index contributed by atoms with van der Waals surface area (Å²) in [6.45, 7) is 7.81. The van der Waals surface area contributed by atoms with E-state index in [2.05, 4.69) is 13.8 Å². The summed E-state index contributed by atoms with van der Waals surface area (Å²) in [4.78, 5) is 27.8. The van der Waals surface area contributed by atoms with Gasteiger partial charge in [-0.25, -0.2) is 9.59 Å². The number of hydrogen-bond acceptors (Lipinski definition) is 7. The zero-order chi connectivity index (χ0) is 31.8. The minimum atomic E-state index is -2.15. The summed E-state index contributed by atoms with van der Waals surface area (Å²) in [5, 5.41) is 37.9. The molecule has 234 valence electrons. The van der Waals surface area contributed by atoms with Crippen LogP contribution >= 0.6 is 11.6 Å². The van der Waals surface area contributed by atoms with E-state index in [1.165, 1.54) is 4.90 Å². The van der Waals surface area contributed by atoms with Crippen LogP contribution in [-0.4, -0.2) is 64.9 Å². The highest BCUT2D eigenvalue weighted by Crippen LogP contribution is 2.72. The van der Waals surface area contributed by atoms with Crippen molar-refractivity contribution >= 4 is 29.4 Å². The molecule has 2 fully saturated rings. The number of hydrogen-bond donors (Lipinski definition) is 3. The summed E-state index contributed by atoms with van der Waals surface area (Å²) in [6.07, 6.45) is -0.388. The molecule has 2 aromatic rings. The Kier molecular flexibility index (Phi) is 7.52. The molecule has 8 nitrogen and oxygen atoms in total. The number of carbonyl (C=O) groups excluding carboxylic acids is 2. The Labute approximate surface area is 262 Å². The van der Waals surface area contributed by atoms with E-state index < -0.39 is 47.3 Å². The summed E-state index contributed by atoms with van der Waals surface area (Å²) in [6, 6.07) is 15.2. The van der Waals surface area contributed by atoms with Crippen LogP contribution in [0.1, 0.15) is 44.5 Å². The van der Waals surface area contributed by atoms with Crippen molar-refractivity contribution in [1.29, 1.82) is 0 Å². The van der Waals surface area contributed by atoms with E-state index in [-0.39, 0.29) is 35.3 Å². The van der Waals surface area contributed by atoms with Crippen molar-refractivity contribution in [3.8, 4) is 0 Å². The first-order valence-corrected chi connectivity index (χ1v) is 15.5. The van der Waals surface area contributed by atoms with Gasteiger partial charge < -0.3 is 24.8 Å². The number of carbonyl (C=O) groups is 2. The van der Waals surface area contributed by atoms with Gasteiger partial charge in [0.2, 0.25) is 0 Å². The third kappa shape index (κ3) is 4.44. The monoisotopic (exact) mass is 621 g/mol. The minimum Gasteiger partial charge on any atom is -0.457 e. The molecule has 2 saturated carbocycles. The van der Waals surface area contributed by atoms with E-state index in [9.17, 15) is 24.9 Å². The van der Waals surface area contributed by atoms with Crippen molar-refractivity contribution in [2.24, 2.45) is 34.5 Å². The molecule has 0 aromatic heterocycles. The Morgan fingerprint density at radius 3 is 2.39 bits per heavy atom. The summed E-state index contributed by atoms with van der Waals surface area (Å²) in [5.41, 5.74) is -1.85. The predicted molar refractivity (Wildman–Crippen MR) is 166 cm³/mol. The van der Waals surface area contributed by atoms with Crippen LogP contribution in [0.15, 0.2) is 77.9 Å². The van der Waals surface area contributed by atoms with Gasteiger partial charge >= 0.3 is 12.1 Å². The van der Waals surface area contributed by atoms with E-state index in [1.807, 2.05) is 13.0 Å². The van der Waals surface area contributed by atoms with Gasteiger partial charge in [0, 0.05) is 23.7 Å². The molecule has 2 aromatic carbocycles. The Balaban J connectivity index is 1.39. The van der Waals surface area contributed by atoms with Crippen LogP contribution in [0.25, 0.3) is 0 Å². The lowest BCUT2D eigenvalue weighted by molar-refractivity contribution is -0.214. The van der Waals surface area contributed by atoms with Gasteiger partial charge in [-0.05, 0) is 84.1 Å². The zero-order valence-electron chi connectivity index (χ0n) is 25.6. The molecule has 2 bridgehead atoms. The average molecular weight is 622 g/mol. The van der Waals surface area contributed by atoms with Crippen LogP contribution in [0.4, 0.5) is 10.5 Å². The molecule has 0 heterocycles. The predicted octanol–water partition coefficient (Wildman–Crippen LogP) is 5.41. The van der Waals surface area contributed by atoms with Gasteiger partial charge in [-0.15, -0.1) is 0 Å². The fourth-order valence-electron chi connectivity index (χ4n) is 8.65. The smallest absolute Gasteiger partial charge is 0.414 e. The molecule has 1 amide bonds. The number of aliphatic hydroxyl groups excluding tert-OH is 2. The summed E-state index contributed by atoms with van der Waals surface area (Å²) >= 11 is 6.03. The van der Waals surface area contributed by atoms with E-state index in [0.29, 0.717) is 21.8 Å². The molecule has 44 heavy (non-hydrogen) atoms. The first-order chi connectivity index (χ1) is 20.7. The highest BCUT2D eigenvalue weighted by Gasteiger charge is 2.76. The summed E-state index contributed by atoms with van der Waals surface area (Å²) in [5.74, 6) is -0.892. The molecule has 9 heteroatoms. The molecule has 0 saturated heterocycles. The maximum atomic E-state index is 13.5. The Hall–Kier alpha value is -3.17. The lowest BCUT2D eigenvalue weighted by atomic mass is 9.58. The van der Waals surface area contributed by atoms with Crippen molar-refractivity contribution in [2.45, 2.75) is 58.0 Å². The van der Waals surface area contributed by atoms with E-state index in [0.717, 1.165) is 6.42 Å². The highest BCUT2D eigenvalue weighted by atomic mass is 35.5. The van der Waals surface area contributed by atoms with Gasteiger partial charge in [-0.1, -0.05) is 62.7 Å². The van der Waals surface area contributed by atoms with Crippen molar-refractivity contribution in [3.05, 3.63) is 88.5 Å². The van der Waals surface area contributed by atoms with Crippen LogP contribution in [0, 0.1) is 34.5 Å². The zero-order valence-corrected chi connectivity index (χ0v) is 26.4. The maximum absolute atomic E-state index is 13.5. The molecular weight excluding hydrogens is 582 g/mol.